The van der Waals surface area contributed by atoms with Crippen molar-refractivity contribution >= 4 is 6.21 Å². The summed E-state index contributed by atoms with van der Waals surface area (Å²) in [6, 6.07) is 4.64. The molecule has 1 aromatic carbocycles. The Morgan fingerprint density at radius 1 is 1.19 bits per heavy atom. The van der Waals surface area contributed by atoms with E-state index in [2.05, 4.69) is 51.8 Å². The van der Waals surface area contributed by atoms with E-state index in [-0.39, 0.29) is 17.5 Å². The van der Waals surface area contributed by atoms with E-state index < -0.39 is 0 Å². The van der Waals surface area contributed by atoms with E-state index in [0.29, 0.717) is 5.75 Å². The molecule has 0 radical (unpaired) electrons. The molecule has 5 nitrogen and oxygen atoms in total. The largest absolute Gasteiger partial charge is 0.507 e. The van der Waals surface area contributed by atoms with Crippen LogP contribution in [-0.4, -0.2) is 72.6 Å². The van der Waals surface area contributed by atoms with Crippen molar-refractivity contribution in [1.82, 2.24) is 4.90 Å². The van der Waals surface area contributed by atoms with Gasteiger partial charge in [-0.15, -0.1) is 0 Å². The third-order valence-corrected chi connectivity index (χ3v) is 7.63. The smallest absolute Gasteiger partial charge is 0.128 e. The number of quaternary nitrogens is 1. The van der Waals surface area contributed by atoms with E-state index >= 15 is 0 Å². The van der Waals surface area contributed by atoms with Crippen molar-refractivity contribution in [1.29, 1.82) is 0 Å². The highest BCUT2D eigenvalue weighted by Gasteiger charge is 2.29. The van der Waals surface area contributed by atoms with E-state index in [1.54, 1.807) is 0 Å². The molecule has 1 aliphatic heterocycles. The molecule has 2 fully saturated rings. The summed E-state index contributed by atoms with van der Waals surface area (Å²) < 4.78 is 1.18. The Bertz CT molecular complexity index is 775. The maximum atomic E-state index is 11.2. The van der Waals surface area contributed by atoms with E-state index in [1.165, 1.54) is 55.4 Å². The molecular formula is C27H47N4O+. The summed E-state index contributed by atoms with van der Waals surface area (Å²) in [6.45, 7) is 15.6. The topological polar surface area (TPSA) is 61.8 Å². The van der Waals surface area contributed by atoms with Crippen LogP contribution in [-0.2, 0) is 12.0 Å². The summed E-state index contributed by atoms with van der Waals surface area (Å²) in [7, 11) is 2.40. The number of nitrogens with zero attached hydrogens (tertiary/aromatic N) is 3. The van der Waals surface area contributed by atoms with Gasteiger partial charge in [0.2, 0.25) is 0 Å². The van der Waals surface area contributed by atoms with Gasteiger partial charge in [-0.25, -0.2) is 0 Å². The van der Waals surface area contributed by atoms with Crippen molar-refractivity contribution in [3.05, 3.63) is 28.8 Å². The summed E-state index contributed by atoms with van der Waals surface area (Å²) >= 11 is 0. The molecule has 0 amide bonds. The summed E-state index contributed by atoms with van der Waals surface area (Å²) in [4.78, 5) is 7.33. The average molecular weight is 444 g/mol. The van der Waals surface area contributed by atoms with Gasteiger partial charge in [-0.1, -0.05) is 53.0 Å². The second-order valence-electron chi connectivity index (χ2n) is 11.5. The molecule has 5 heteroatoms. The van der Waals surface area contributed by atoms with Crippen LogP contribution < -0.4 is 5.73 Å². The number of hydrogen-bond acceptors (Lipinski definition) is 4. The SMILES string of the molecule is CCCC[N+]1(C)CCN(Cc2cc(C(C)(C)C)cc(/C=N/[C@@H]3CCCCC3N)c2O)CC1. The molecule has 1 saturated heterocycles. The Kier molecular flexibility index (Phi) is 8.40. The van der Waals surface area contributed by atoms with Gasteiger partial charge >= 0.3 is 0 Å². The number of piperazine rings is 1. The van der Waals surface area contributed by atoms with Crippen molar-refractivity contribution in [3.8, 4) is 5.75 Å². The highest BCUT2D eigenvalue weighted by molar-refractivity contribution is 5.85. The number of benzene rings is 1. The van der Waals surface area contributed by atoms with Gasteiger partial charge in [0.05, 0.1) is 32.7 Å². The fourth-order valence-electron chi connectivity index (χ4n) is 5.02. The maximum absolute atomic E-state index is 11.2. The molecule has 0 aromatic heterocycles. The Labute approximate surface area is 196 Å². The van der Waals surface area contributed by atoms with Crippen LogP contribution >= 0.6 is 0 Å². The zero-order valence-corrected chi connectivity index (χ0v) is 21.2. The summed E-state index contributed by atoms with van der Waals surface area (Å²) in [6.07, 6.45) is 8.95. The maximum Gasteiger partial charge on any atom is 0.128 e. The lowest BCUT2D eigenvalue weighted by Gasteiger charge is -2.42. The lowest BCUT2D eigenvalue weighted by molar-refractivity contribution is -0.914. The van der Waals surface area contributed by atoms with Gasteiger partial charge in [0.25, 0.3) is 0 Å². The molecule has 2 aliphatic rings. The van der Waals surface area contributed by atoms with Crippen LogP contribution in [0.3, 0.4) is 0 Å². The second-order valence-corrected chi connectivity index (χ2v) is 11.5. The monoisotopic (exact) mass is 443 g/mol. The normalized spacial score (nSPS) is 24.8. The Hall–Kier alpha value is -1.43. The quantitative estimate of drug-likeness (QED) is 0.484. The number of rotatable bonds is 7. The third-order valence-electron chi connectivity index (χ3n) is 7.63. The van der Waals surface area contributed by atoms with Gasteiger partial charge in [-0.05, 0) is 36.3 Å². The Morgan fingerprint density at radius 3 is 2.50 bits per heavy atom. The molecule has 180 valence electrons. The highest BCUT2D eigenvalue weighted by Crippen LogP contribution is 2.32. The number of phenols is 1. The molecular weight excluding hydrogens is 396 g/mol. The molecule has 1 aromatic rings. The minimum atomic E-state index is 0.0177. The van der Waals surface area contributed by atoms with Crippen LogP contribution in [0.1, 0.15) is 82.9 Å². The fraction of sp³-hybridized carbons (Fsp3) is 0.741. The van der Waals surface area contributed by atoms with Gasteiger partial charge in [0.15, 0.2) is 0 Å². The van der Waals surface area contributed by atoms with Gasteiger partial charge < -0.3 is 15.3 Å². The predicted molar refractivity (Wildman–Crippen MR) is 136 cm³/mol. The molecule has 3 rings (SSSR count). The van der Waals surface area contributed by atoms with Crippen molar-refractivity contribution in [2.24, 2.45) is 10.7 Å². The van der Waals surface area contributed by atoms with E-state index in [1.807, 2.05) is 6.21 Å². The number of likely N-dealkylation sites (N-methyl/N-ethyl adjacent to an activating group) is 1. The van der Waals surface area contributed by atoms with Crippen LogP contribution in [0, 0.1) is 0 Å². The highest BCUT2D eigenvalue weighted by atomic mass is 16.3. The number of hydrogen-bond donors (Lipinski definition) is 2. The number of aliphatic imine (C=N–C) groups is 1. The second kappa shape index (κ2) is 10.7. The first-order chi connectivity index (χ1) is 15.1. The first-order valence-electron chi connectivity index (χ1n) is 12.8. The van der Waals surface area contributed by atoms with Crippen molar-refractivity contribution in [2.75, 3.05) is 39.8 Å². The zero-order chi connectivity index (χ0) is 23.4. The molecule has 1 unspecified atom stereocenters. The molecule has 1 saturated carbocycles. The van der Waals surface area contributed by atoms with Crippen LogP contribution in [0.25, 0.3) is 0 Å². The van der Waals surface area contributed by atoms with E-state index in [9.17, 15) is 5.11 Å². The first kappa shape index (κ1) is 25.2. The van der Waals surface area contributed by atoms with Crippen LogP contribution in [0.5, 0.6) is 5.75 Å². The van der Waals surface area contributed by atoms with Gasteiger partial charge in [-0.3, -0.25) is 9.89 Å². The number of phenolic OH excluding ortho intramolecular Hbond substituents is 1. The summed E-state index contributed by atoms with van der Waals surface area (Å²) in [5.41, 5.74) is 9.43. The van der Waals surface area contributed by atoms with Crippen LogP contribution in [0.4, 0.5) is 0 Å². The van der Waals surface area contributed by atoms with Crippen LogP contribution in [0.15, 0.2) is 17.1 Å². The zero-order valence-electron chi connectivity index (χ0n) is 21.2. The lowest BCUT2D eigenvalue weighted by atomic mass is 9.84. The molecule has 32 heavy (non-hydrogen) atoms. The van der Waals surface area contributed by atoms with E-state index in [0.717, 1.165) is 43.6 Å². The number of nitrogens with two attached hydrogens (primary N) is 1. The molecule has 3 N–H and O–H groups in total. The van der Waals surface area contributed by atoms with Gasteiger partial charge in [0.1, 0.15) is 5.75 Å². The predicted octanol–water partition coefficient (Wildman–Crippen LogP) is 4.44. The molecule has 1 heterocycles. The first-order valence-corrected chi connectivity index (χ1v) is 12.8. The third kappa shape index (κ3) is 6.55. The molecule has 2 atom stereocenters. The average Bonchev–Trinajstić information content (AvgIpc) is 2.75. The number of aromatic hydroxyl groups is 1. The van der Waals surface area contributed by atoms with Gasteiger partial charge in [0, 0.05) is 43.0 Å². The van der Waals surface area contributed by atoms with Gasteiger partial charge in [-0.2, -0.15) is 0 Å². The van der Waals surface area contributed by atoms with Crippen molar-refractivity contribution in [3.63, 3.8) is 0 Å². The van der Waals surface area contributed by atoms with Crippen LogP contribution in [0.2, 0.25) is 0 Å². The standard InChI is InChI=1S/C27H46N4O/c1-6-7-14-31(5)15-12-30(13-16-31)20-22-18-23(27(2,3)4)17-21(26(22)32)19-29-25-11-9-8-10-24(25)28/h17-19,24-25H,6-16,20,28H2,1-5H3/p+1/t24?,25-/m1/s1. The minimum absolute atomic E-state index is 0.0177. The summed E-state index contributed by atoms with van der Waals surface area (Å²) in [5, 5.41) is 11.2. The minimum Gasteiger partial charge on any atom is -0.507 e. The lowest BCUT2D eigenvalue weighted by Crippen LogP contribution is -2.57. The molecule has 1 aliphatic carbocycles. The fourth-order valence-corrected chi connectivity index (χ4v) is 5.02. The number of unbranched alkanes of at least 4 members (excludes halogenated alkanes) is 1. The Balaban J connectivity index is 1.77. The Morgan fingerprint density at radius 2 is 1.88 bits per heavy atom. The molecule has 0 spiro atoms. The van der Waals surface area contributed by atoms with Crippen molar-refractivity contribution < 1.29 is 9.59 Å². The van der Waals surface area contributed by atoms with E-state index in [4.69, 9.17) is 10.7 Å². The molecule has 0 bridgehead atoms. The van der Waals surface area contributed by atoms with Crippen molar-refractivity contribution in [2.45, 2.75) is 90.3 Å². The summed E-state index contributed by atoms with van der Waals surface area (Å²) in [5.74, 6) is 0.389.